The van der Waals surface area contributed by atoms with Crippen molar-refractivity contribution in [1.29, 1.82) is 0 Å². The molecule has 3 rings (SSSR count). The Morgan fingerprint density at radius 1 is 1.35 bits per heavy atom. The fraction of sp³-hybridized carbons (Fsp3) is 0.231. The van der Waals surface area contributed by atoms with Crippen LogP contribution in [0.3, 0.4) is 0 Å². The van der Waals surface area contributed by atoms with Crippen molar-refractivity contribution in [1.82, 2.24) is 4.98 Å². The maximum Gasteiger partial charge on any atom is 0.161 e. The number of nitrogens with one attached hydrogen (secondary N) is 1. The second-order valence-electron chi connectivity index (χ2n) is 4.12. The number of hydrogen-bond acceptors (Lipinski definition) is 4. The van der Waals surface area contributed by atoms with Crippen LogP contribution in [0.15, 0.2) is 41.7 Å². The first-order valence-electron chi connectivity index (χ1n) is 5.63. The highest BCUT2D eigenvalue weighted by molar-refractivity contribution is 8.14. The molecule has 17 heavy (non-hydrogen) atoms. The van der Waals surface area contributed by atoms with Crippen LogP contribution in [0.2, 0.25) is 0 Å². The number of nitrogens with zero attached hydrogens (tertiary/aromatic N) is 2. The van der Waals surface area contributed by atoms with Gasteiger partial charge in [0.15, 0.2) is 5.17 Å². The Labute approximate surface area is 104 Å². The van der Waals surface area contributed by atoms with Crippen molar-refractivity contribution in [3.05, 3.63) is 36.7 Å². The van der Waals surface area contributed by atoms with Crippen LogP contribution in [0.25, 0.3) is 10.8 Å². The topological polar surface area (TPSA) is 37.3 Å². The Bertz CT molecular complexity index is 574. The Morgan fingerprint density at radius 3 is 3.12 bits per heavy atom. The van der Waals surface area contributed by atoms with E-state index < -0.39 is 0 Å². The smallest absolute Gasteiger partial charge is 0.161 e. The minimum Gasteiger partial charge on any atom is -0.334 e. The van der Waals surface area contributed by atoms with Crippen molar-refractivity contribution < 1.29 is 0 Å². The van der Waals surface area contributed by atoms with E-state index in [0.29, 0.717) is 6.04 Å². The summed E-state index contributed by atoms with van der Waals surface area (Å²) in [6.45, 7) is 2.13. The summed E-state index contributed by atoms with van der Waals surface area (Å²) in [5.41, 5.74) is 1.08. The molecule has 0 saturated carbocycles. The van der Waals surface area contributed by atoms with Gasteiger partial charge in [0.05, 0.1) is 6.04 Å². The molecular formula is C13H13N3S. The average Bonchev–Trinajstić information content (AvgIpc) is 2.75. The van der Waals surface area contributed by atoms with Gasteiger partial charge >= 0.3 is 0 Å². The van der Waals surface area contributed by atoms with Gasteiger partial charge in [-0.1, -0.05) is 23.9 Å². The second-order valence-corrected chi connectivity index (χ2v) is 5.13. The third-order valence-corrected chi connectivity index (χ3v) is 3.85. The van der Waals surface area contributed by atoms with Gasteiger partial charge in [0.2, 0.25) is 0 Å². The summed E-state index contributed by atoms with van der Waals surface area (Å²) in [6.07, 6.45) is 3.71. The molecule has 1 aromatic heterocycles. The van der Waals surface area contributed by atoms with E-state index in [9.17, 15) is 0 Å². The molecule has 1 unspecified atom stereocenters. The summed E-state index contributed by atoms with van der Waals surface area (Å²) in [6, 6.07) is 8.64. The third kappa shape index (κ3) is 2.13. The fourth-order valence-corrected chi connectivity index (χ4v) is 2.79. The van der Waals surface area contributed by atoms with Crippen molar-refractivity contribution in [2.75, 3.05) is 11.1 Å². The highest BCUT2D eigenvalue weighted by Crippen LogP contribution is 2.25. The molecule has 0 bridgehead atoms. The number of thioether (sulfide) groups is 1. The molecule has 1 atom stereocenters. The quantitative estimate of drug-likeness (QED) is 0.836. The number of fused-ring (bicyclic) bond motifs is 1. The summed E-state index contributed by atoms with van der Waals surface area (Å²) in [7, 11) is 0. The molecule has 3 nitrogen and oxygen atoms in total. The summed E-state index contributed by atoms with van der Waals surface area (Å²) in [5.74, 6) is 1.06. The van der Waals surface area contributed by atoms with Gasteiger partial charge in [0.25, 0.3) is 0 Å². The molecular weight excluding hydrogens is 230 g/mol. The Morgan fingerprint density at radius 2 is 2.29 bits per heavy atom. The second kappa shape index (κ2) is 4.37. The maximum atomic E-state index is 4.54. The van der Waals surface area contributed by atoms with Gasteiger partial charge in [-0.05, 0) is 24.4 Å². The lowest BCUT2D eigenvalue weighted by Gasteiger charge is -2.08. The van der Waals surface area contributed by atoms with E-state index in [-0.39, 0.29) is 0 Å². The highest BCUT2D eigenvalue weighted by Gasteiger charge is 2.14. The first kappa shape index (κ1) is 10.6. The van der Waals surface area contributed by atoms with Gasteiger partial charge in [-0.15, -0.1) is 0 Å². The zero-order valence-corrected chi connectivity index (χ0v) is 10.4. The molecule has 2 heterocycles. The average molecular weight is 243 g/mol. The van der Waals surface area contributed by atoms with Crippen molar-refractivity contribution in [2.45, 2.75) is 13.0 Å². The largest absolute Gasteiger partial charge is 0.334 e. The van der Waals surface area contributed by atoms with Crippen LogP contribution in [-0.2, 0) is 0 Å². The number of anilines is 1. The predicted molar refractivity (Wildman–Crippen MR) is 74.7 cm³/mol. The van der Waals surface area contributed by atoms with Crippen LogP contribution in [0, 0.1) is 0 Å². The molecule has 0 fully saturated rings. The van der Waals surface area contributed by atoms with Crippen LogP contribution in [-0.4, -0.2) is 21.9 Å². The molecule has 86 valence electrons. The van der Waals surface area contributed by atoms with Gasteiger partial charge in [0, 0.05) is 29.2 Å². The summed E-state index contributed by atoms with van der Waals surface area (Å²) >= 11 is 1.77. The van der Waals surface area contributed by atoms with Crippen LogP contribution in [0.5, 0.6) is 0 Å². The molecule has 1 N–H and O–H groups in total. The molecule has 0 saturated heterocycles. The molecule has 2 aromatic rings. The van der Waals surface area contributed by atoms with E-state index in [4.69, 9.17) is 0 Å². The van der Waals surface area contributed by atoms with E-state index in [0.717, 1.165) is 22.0 Å². The number of amidine groups is 1. The van der Waals surface area contributed by atoms with E-state index in [1.54, 1.807) is 11.8 Å². The van der Waals surface area contributed by atoms with Gasteiger partial charge in [-0.2, -0.15) is 0 Å². The van der Waals surface area contributed by atoms with Gasteiger partial charge < -0.3 is 5.32 Å². The van der Waals surface area contributed by atoms with Gasteiger partial charge in [-0.3, -0.25) is 9.98 Å². The van der Waals surface area contributed by atoms with E-state index >= 15 is 0 Å². The van der Waals surface area contributed by atoms with E-state index in [1.807, 2.05) is 24.5 Å². The van der Waals surface area contributed by atoms with Crippen LogP contribution < -0.4 is 5.32 Å². The lowest BCUT2D eigenvalue weighted by atomic mass is 10.1. The zero-order chi connectivity index (χ0) is 11.7. The minimum atomic E-state index is 0.413. The first-order valence-corrected chi connectivity index (χ1v) is 6.62. The number of benzene rings is 1. The first-order chi connectivity index (χ1) is 8.33. The standard InChI is InChI=1S/C13H13N3S/c1-9-8-17-13(15-9)16-12-4-2-3-10-5-6-14-7-11(10)12/h2-7,9H,8H2,1H3,(H,15,16). The lowest BCUT2D eigenvalue weighted by molar-refractivity contribution is 0.865. The Hall–Kier alpha value is -1.55. The predicted octanol–water partition coefficient (Wildman–Crippen LogP) is 3.14. The molecule has 1 aliphatic rings. The fourth-order valence-electron chi connectivity index (χ4n) is 1.88. The SMILES string of the molecule is CC1CSC(Nc2cccc3ccncc23)=N1. The number of pyridine rings is 1. The molecule has 0 radical (unpaired) electrons. The summed E-state index contributed by atoms with van der Waals surface area (Å²) in [5, 5.41) is 6.73. The Balaban J connectivity index is 1.98. The number of hydrogen-bond donors (Lipinski definition) is 1. The lowest BCUT2D eigenvalue weighted by Crippen LogP contribution is -2.05. The summed E-state index contributed by atoms with van der Waals surface area (Å²) < 4.78 is 0. The highest BCUT2D eigenvalue weighted by atomic mass is 32.2. The monoisotopic (exact) mass is 243 g/mol. The normalized spacial score (nSPS) is 19.4. The molecule has 0 aliphatic carbocycles. The molecule has 1 aliphatic heterocycles. The molecule has 0 amide bonds. The molecule has 0 spiro atoms. The summed E-state index contributed by atoms with van der Waals surface area (Å²) in [4.78, 5) is 8.72. The van der Waals surface area contributed by atoms with E-state index in [1.165, 1.54) is 5.39 Å². The van der Waals surface area contributed by atoms with Gasteiger partial charge in [-0.25, -0.2) is 0 Å². The van der Waals surface area contributed by atoms with Crippen molar-refractivity contribution in [2.24, 2.45) is 4.99 Å². The molecule has 4 heteroatoms. The van der Waals surface area contributed by atoms with Gasteiger partial charge in [0.1, 0.15) is 0 Å². The van der Waals surface area contributed by atoms with Crippen molar-refractivity contribution in [3.63, 3.8) is 0 Å². The van der Waals surface area contributed by atoms with Crippen LogP contribution in [0.1, 0.15) is 6.92 Å². The minimum absolute atomic E-state index is 0.413. The number of aromatic nitrogens is 1. The van der Waals surface area contributed by atoms with Crippen LogP contribution >= 0.6 is 11.8 Å². The molecule has 1 aromatic carbocycles. The van der Waals surface area contributed by atoms with Crippen LogP contribution in [0.4, 0.5) is 5.69 Å². The number of aliphatic imine (C=N–C) groups is 1. The number of rotatable bonds is 1. The van der Waals surface area contributed by atoms with Crippen molar-refractivity contribution in [3.8, 4) is 0 Å². The third-order valence-electron chi connectivity index (χ3n) is 2.72. The van der Waals surface area contributed by atoms with Crippen molar-refractivity contribution >= 4 is 33.4 Å². The zero-order valence-electron chi connectivity index (χ0n) is 9.55. The maximum absolute atomic E-state index is 4.54. The Kier molecular flexibility index (Phi) is 2.73. The van der Waals surface area contributed by atoms with E-state index in [2.05, 4.69) is 34.3 Å².